The third kappa shape index (κ3) is 4.05. The second kappa shape index (κ2) is 6.88. The second-order valence-electron chi connectivity index (χ2n) is 5.05. The number of benzene rings is 1. The first-order chi connectivity index (χ1) is 10.1. The smallest absolute Gasteiger partial charge is 0.228 e. The average Bonchev–Trinajstić information content (AvgIpc) is 2.94. The first kappa shape index (κ1) is 15.0. The van der Waals surface area contributed by atoms with Crippen molar-refractivity contribution in [2.45, 2.75) is 20.3 Å². The molecule has 0 atom stereocenters. The van der Waals surface area contributed by atoms with Gasteiger partial charge in [0.1, 0.15) is 6.26 Å². The largest absolute Gasteiger partial charge is 0.444 e. The van der Waals surface area contributed by atoms with E-state index < -0.39 is 0 Å². The maximum Gasteiger partial charge on any atom is 0.228 e. The molecule has 0 bridgehead atoms. The van der Waals surface area contributed by atoms with Gasteiger partial charge < -0.3 is 9.32 Å². The van der Waals surface area contributed by atoms with Crippen LogP contribution in [0.1, 0.15) is 19.5 Å². The summed E-state index contributed by atoms with van der Waals surface area (Å²) in [6.07, 6.45) is 1.80. The second-order valence-corrected chi connectivity index (χ2v) is 5.05. The molecule has 0 aliphatic heterocycles. The summed E-state index contributed by atoms with van der Waals surface area (Å²) in [5.41, 5.74) is 2.53. The third-order valence-corrected chi connectivity index (χ3v) is 3.10. The van der Waals surface area contributed by atoms with Crippen molar-refractivity contribution in [1.29, 1.82) is 0 Å². The van der Waals surface area contributed by atoms with Crippen molar-refractivity contribution in [2.24, 2.45) is 0 Å². The van der Waals surface area contributed by atoms with Crippen LogP contribution in [0.15, 0.2) is 53.2 Å². The van der Waals surface area contributed by atoms with Crippen LogP contribution in [-0.4, -0.2) is 28.9 Å². The third-order valence-electron chi connectivity index (χ3n) is 3.10. The lowest BCUT2D eigenvalue weighted by molar-refractivity contribution is -0.129. The highest BCUT2D eigenvalue weighted by Crippen LogP contribution is 2.18. The summed E-state index contributed by atoms with van der Waals surface area (Å²) >= 11 is 0. The van der Waals surface area contributed by atoms with Crippen molar-refractivity contribution in [2.75, 3.05) is 13.1 Å². The van der Waals surface area contributed by atoms with Crippen molar-refractivity contribution in [3.8, 4) is 11.5 Å². The fraction of sp³-hybridized carbons (Fsp3) is 0.294. The average molecular weight is 284 g/mol. The lowest BCUT2D eigenvalue weighted by Crippen LogP contribution is -2.33. The van der Waals surface area contributed by atoms with Crippen LogP contribution in [0.4, 0.5) is 0 Å². The Morgan fingerprint density at radius 1 is 1.33 bits per heavy atom. The molecule has 0 radical (unpaired) electrons. The fourth-order valence-corrected chi connectivity index (χ4v) is 2.07. The Hall–Kier alpha value is -2.36. The van der Waals surface area contributed by atoms with Crippen molar-refractivity contribution < 1.29 is 9.21 Å². The van der Waals surface area contributed by atoms with Gasteiger partial charge in [-0.3, -0.25) is 4.79 Å². The van der Waals surface area contributed by atoms with Gasteiger partial charge in [-0.15, -0.1) is 0 Å². The molecule has 0 fully saturated rings. The summed E-state index contributed by atoms with van der Waals surface area (Å²) in [4.78, 5) is 18.4. The maximum absolute atomic E-state index is 12.2. The van der Waals surface area contributed by atoms with Crippen LogP contribution in [0, 0.1) is 0 Å². The van der Waals surface area contributed by atoms with E-state index in [1.807, 2.05) is 44.2 Å². The number of carbonyl (C=O) groups is 1. The van der Waals surface area contributed by atoms with Crippen molar-refractivity contribution in [3.05, 3.63) is 54.4 Å². The lowest BCUT2D eigenvalue weighted by atomic mass is 10.2. The topological polar surface area (TPSA) is 46.3 Å². The van der Waals surface area contributed by atoms with Crippen LogP contribution in [-0.2, 0) is 11.2 Å². The van der Waals surface area contributed by atoms with Gasteiger partial charge in [0, 0.05) is 18.7 Å². The summed E-state index contributed by atoms with van der Waals surface area (Å²) in [5, 5.41) is 0. The maximum atomic E-state index is 12.2. The molecule has 2 aromatic rings. The van der Waals surface area contributed by atoms with Gasteiger partial charge in [0.15, 0.2) is 0 Å². The van der Waals surface area contributed by atoms with E-state index in [1.54, 1.807) is 11.2 Å². The molecule has 21 heavy (non-hydrogen) atoms. The number of rotatable bonds is 6. The van der Waals surface area contributed by atoms with Gasteiger partial charge in [0.2, 0.25) is 11.8 Å². The molecule has 2 rings (SSSR count). The van der Waals surface area contributed by atoms with Crippen molar-refractivity contribution >= 4 is 5.91 Å². The molecule has 0 spiro atoms. The van der Waals surface area contributed by atoms with Crippen LogP contribution >= 0.6 is 0 Å². The Morgan fingerprint density at radius 2 is 2.05 bits per heavy atom. The number of oxazole rings is 1. The SMILES string of the molecule is C=C(C)CN(CC)C(=O)Cc1coc(-c2ccccc2)n1. The van der Waals surface area contributed by atoms with Gasteiger partial charge in [0.05, 0.1) is 12.1 Å². The number of aromatic nitrogens is 1. The minimum absolute atomic E-state index is 0.0356. The summed E-state index contributed by atoms with van der Waals surface area (Å²) in [7, 11) is 0. The quantitative estimate of drug-likeness (QED) is 0.765. The molecule has 4 nitrogen and oxygen atoms in total. The molecule has 1 aromatic carbocycles. The Balaban J connectivity index is 2.05. The summed E-state index contributed by atoms with van der Waals surface area (Å²) in [6.45, 7) is 8.97. The predicted molar refractivity (Wildman–Crippen MR) is 82.7 cm³/mol. The number of carbonyl (C=O) groups excluding carboxylic acids is 1. The summed E-state index contributed by atoms with van der Waals surface area (Å²) in [6, 6.07) is 9.65. The van der Waals surface area contributed by atoms with E-state index in [0.717, 1.165) is 11.1 Å². The molecule has 1 aromatic heterocycles. The van der Waals surface area contributed by atoms with Crippen LogP contribution < -0.4 is 0 Å². The van der Waals surface area contributed by atoms with Gasteiger partial charge >= 0.3 is 0 Å². The minimum atomic E-state index is 0.0356. The normalized spacial score (nSPS) is 10.4. The Morgan fingerprint density at radius 3 is 2.67 bits per heavy atom. The first-order valence-electron chi connectivity index (χ1n) is 7.02. The standard InChI is InChI=1S/C17H20N2O2/c1-4-19(11-13(2)3)16(20)10-15-12-21-17(18-15)14-8-6-5-7-9-14/h5-9,12H,2,4,10-11H2,1,3H3. The molecular weight excluding hydrogens is 264 g/mol. The van der Waals surface area contributed by atoms with Crippen molar-refractivity contribution in [3.63, 3.8) is 0 Å². The van der Waals surface area contributed by atoms with Gasteiger partial charge in [-0.1, -0.05) is 30.4 Å². The van der Waals surface area contributed by atoms with E-state index in [0.29, 0.717) is 24.7 Å². The zero-order valence-electron chi connectivity index (χ0n) is 12.5. The van der Waals surface area contributed by atoms with Crippen LogP contribution in [0.5, 0.6) is 0 Å². The number of amides is 1. The molecule has 0 saturated heterocycles. The van der Waals surface area contributed by atoms with Crippen molar-refractivity contribution in [1.82, 2.24) is 9.88 Å². The molecule has 0 N–H and O–H groups in total. The predicted octanol–water partition coefficient (Wildman–Crippen LogP) is 3.31. The molecule has 0 saturated carbocycles. The van der Waals surface area contributed by atoms with E-state index in [9.17, 15) is 4.79 Å². The Kier molecular flexibility index (Phi) is 4.93. The first-order valence-corrected chi connectivity index (χ1v) is 7.02. The highest BCUT2D eigenvalue weighted by molar-refractivity contribution is 5.78. The molecular formula is C17H20N2O2. The number of hydrogen-bond acceptors (Lipinski definition) is 3. The van der Waals surface area contributed by atoms with E-state index in [1.165, 1.54) is 0 Å². The van der Waals surface area contributed by atoms with Crippen LogP contribution in [0.25, 0.3) is 11.5 Å². The van der Waals surface area contributed by atoms with Crippen LogP contribution in [0.3, 0.4) is 0 Å². The number of hydrogen-bond donors (Lipinski definition) is 0. The lowest BCUT2D eigenvalue weighted by Gasteiger charge is -2.20. The molecule has 4 heteroatoms. The molecule has 0 aliphatic carbocycles. The number of likely N-dealkylation sites (N-methyl/N-ethyl adjacent to an activating group) is 1. The molecule has 110 valence electrons. The minimum Gasteiger partial charge on any atom is -0.444 e. The van der Waals surface area contributed by atoms with E-state index in [2.05, 4.69) is 11.6 Å². The van der Waals surface area contributed by atoms with E-state index >= 15 is 0 Å². The van der Waals surface area contributed by atoms with E-state index in [4.69, 9.17) is 4.42 Å². The van der Waals surface area contributed by atoms with Gasteiger partial charge in [-0.05, 0) is 26.0 Å². The fourth-order valence-electron chi connectivity index (χ4n) is 2.07. The molecule has 1 amide bonds. The molecule has 0 aliphatic rings. The Labute approximate surface area is 125 Å². The van der Waals surface area contributed by atoms with Crippen LogP contribution in [0.2, 0.25) is 0 Å². The summed E-state index contributed by atoms with van der Waals surface area (Å²) < 4.78 is 5.45. The highest BCUT2D eigenvalue weighted by atomic mass is 16.3. The van der Waals surface area contributed by atoms with Gasteiger partial charge in [-0.2, -0.15) is 0 Å². The van der Waals surface area contributed by atoms with Gasteiger partial charge in [0.25, 0.3) is 0 Å². The summed E-state index contributed by atoms with van der Waals surface area (Å²) in [5.74, 6) is 0.578. The number of nitrogens with zero attached hydrogens (tertiary/aromatic N) is 2. The zero-order valence-corrected chi connectivity index (χ0v) is 12.5. The van der Waals surface area contributed by atoms with E-state index in [-0.39, 0.29) is 12.3 Å². The van der Waals surface area contributed by atoms with Gasteiger partial charge in [-0.25, -0.2) is 4.98 Å². The Bertz CT molecular complexity index is 617. The zero-order chi connectivity index (χ0) is 15.2. The molecule has 0 unspecified atom stereocenters. The monoisotopic (exact) mass is 284 g/mol. The highest BCUT2D eigenvalue weighted by Gasteiger charge is 2.15. The molecule has 1 heterocycles.